The van der Waals surface area contributed by atoms with Gasteiger partial charge in [-0.15, -0.1) is 0 Å². The van der Waals surface area contributed by atoms with Gasteiger partial charge >= 0.3 is 0 Å². The molecule has 164 valence electrons. The van der Waals surface area contributed by atoms with E-state index in [1.807, 2.05) is 0 Å². The molecule has 0 spiro atoms. The van der Waals surface area contributed by atoms with Crippen molar-refractivity contribution in [3.8, 4) is 23.0 Å². The minimum Gasteiger partial charge on any atom is -0.381 e. The summed E-state index contributed by atoms with van der Waals surface area (Å²) < 4.78 is 20.9. The number of piperidine rings is 1. The molecule has 0 unspecified atom stereocenters. The van der Waals surface area contributed by atoms with E-state index >= 15 is 0 Å². The minimum atomic E-state index is -0.646. The Balaban J connectivity index is 1.57. The third kappa shape index (κ3) is 3.81. The number of amides is 1. The van der Waals surface area contributed by atoms with Gasteiger partial charge < -0.3 is 9.64 Å². The van der Waals surface area contributed by atoms with Crippen LogP contribution in [0.15, 0.2) is 41.5 Å². The van der Waals surface area contributed by atoms with Crippen LogP contribution in [0.25, 0.3) is 16.9 Å². The highest BCUT2D eigenvalue weighted by atomic mass is 19.1. The number of likely N-dealkylation sites (tertiary alicyclic amines) is 1. The van der Waals surface area contributed by atoms with E-state index in [4.69, 9.17) is 10.00 Å². The Morgan fingerprint density at radius 3 is 2.62 bits per heavy atom. The summed E-state index contributed by atoms with van der Waals surface area (Å²) in [5, 5.41) is 11.8. The first-order valence-corrected chi connectivity index (χ1v) is 10.2. The van der Waals surface area contributed by atoms with Crippen molar-refractivity contribution in [1.29, 1.82) is 5.26 Å². The maximum Gasteiger partial charge on any atom is 0.280 e. The summed E-state index contributed by atoms with van der Waals surface area (Å²) in [6, 6.07) is 7.91. The predicted octanol–water partition coefficient (Wildman–Crippen LogP) is 2.80. The second-order valence-electron chi connectivity index (χ2n) is 7.67. The fourth-order valence-corrected chi connectivity index (χ4v) is 3.92. The van der Waals surface area contributed by atoms with E-state index in [9.17, 15) is 14.0 Å². The van der Waals surface area contributed by atoms with Gasteiger partial charge in [0.15, 0.2) is 5.82 Å². The van der Waals surface area contributed by atoms with Crippen molar-refractivity contribution >= 4 is 5.91 Å². The lowest BCUT2D eigenvalue weighted by atomic mass is 10.0. The van der Waals surface area contributed by atoms with Gasteiger partial charge in [-0.2, -0.15) is 5.26 Å². The maximum atomic E-state index is 14.3. The van der Waals surface area contributed by atoms with Crippen LogP contribution in [0, 0.1) is 24.1 Å². The van der Waals surface area contributed by atoms with Crippen molar-refractivity contribution in [2.24, 2.45) is 0 Å². The molecule has 0 atom stereocenters. The molecular formula is C23H22FN5O3. The largest absolute Gasteiger partial charge is 0.381 e. The Kier molecular flexibility index (Phi) is 5.88. The molecule has 2 aromatic heterocycles. The molecule has 0 aliphatic carbocycles. The van der Waals surface area contributed by atoms with Crippen molar-refractivity contribution in [3.63, 3.8) is 0 Å². The molecule has 1 amide bonds. The molecule has 1 aromatic carbocycles. The average Bonchev–Trinajstić information content (AvgIpc) is 3.21. The van der Waals surface area contributed by atoms with Crippen LogP contribution in [0.4, 0.5) is 4.39 Å². The van der Waals surface area contributed by atoms with E-state index in [0.717, 1.165) is 12.8 Å². The molecular weight excluding hydrogens is 413 g/mol. The van der Waals surface area contributed by atoms with E-state index in [-0.39, 0.29) is 28.7 Å². The number of benzene rings is 1. The molecule has 4 rings (SSSR count). The second-order valence-corrected chi connectivity index (χ2v) is 7.67. The number of aromatic amines is 1. The van der Waals surface area contributed by atoms with Crippen LogP contribution in [0.3, 0.4) is 0 Å². The highest BCUT2D eigenvalue weighted by molar-refractivity contribution is 5.94. The Morgan fingerprint density at radius 2 is 2.00 bits per heavy atom. The minimum absolute atomic E-state index is 0.0736. The summed E-state index contributed by atoms with van der Waals surface area (Å²) in [5.41, 5.74) is 0.829. The maximum absolute atomic E-state index is 14.3. The van der Waals surface area contributed by atoms with Crippen LogP contribution >= 0.6 is 0 Å². The van der Waals surface area contributed by atoms with Crippen LogP contribution in [0.5, 0.6) is 0 Å². The van der Waals surface area contributed by atoms with Crippen molar-refractivity contribution in [1.82, 2.24) is 19.7 Å². The zero-order valence-corrected chi connectivity index (χ0v) is 17.8. The molecule has 1 aliphatic rings. The summed E-state index contributed by atoms with van der Waals surface area (Å²) in [6.45, 7) is 2.77. The molecule has 1 fully saturated rings. The van der Waals surface area contributed by atoms with Crippen LogP contribution in [-0.4, -0.2) is 51.9 Å². The van der Waals surface area contributed by atoms with Gasteiger partial charge in [0.2, 0.25) is 0 Å². The number of halogens is 1. The topological polar surface area (TPSA) is 104 Å². The Bertz CT molecular complexity index is 1250. The van der Waals surface area contributed by atoms with Gasteiger partial charge in [0.25, 0.3) is 11.5 Å². The fraction of sp³-hybridized carbons (Fsp3) is 0.304. The smallest absolute Gasteiger partial charge is 0.280 e. The number of H-pyrrole nitrogens is 1. The first-order valence-electron chi connectivity index (χ1n) is 10.2. The SMILES string of the molecule is COC1CCN(C(=O)c2ccc(-n3[nH]cc(-c4ccc(C#N)c(F)c4C)c3=O)nc2)CC1. The monoisotopic (exact) mass is 435 g/mol. The molecule has 0 saturated carbocycles. The number of nitriles is 1. The van der Waals surface area contributed by atoms with Gasteiger partial charge in [-0.3, -0.25) is 14.7 Å². The first kappa shape index (κ1) is 21.5. The molecule has 8 nitrogen and oxygen atoms in total. The van der Waals surface area contributed by atoms with Crippen molar-refractivity contribution in [2.75, 3.05) is 20.2 Å². The molecule has 1 saturated heterocycles. The number of pyridine rings is 1. The highest BCUT2D eigenvalue weighted by Crippen LogP contribution is 2.25. The van der Waals surface area contributed by atoms with Crippen LogP contribution in [0.2, 0.25) is 0 Å². The van der Waals surface area contributed by atoms with Crippen molar-refractivity contribution in [2.45, 2.75) is 25.9 Å². The zero-order valence-electron chi connectivity index (χ0n) is 17.8. The van der Waals surface area contributed by atoms with Crippen molar-refractivity contribution < 1.29 is 13.9 Å². The Hall–Kier alpha value is -3.77. The van der Waals surface area contributed by atoms with Gasteiger partial charge in [-0.05, 0) is 49.1 Å². The third-order valence-corrected chi connectivity index (χ3v) is 5.85. The van der Waals surface area contributed by atoms with E-state index in [1.165, 1.54) is 30.1 Å². The summed E-state index contributed by atoms with van der Waals surface area (Å²) >= 11 is 0. The van der Waals surface area contributed by atoms with Gasteiger partial charge in [-0.1, -0.05) is 6.07 Å². The normalized spacial score (nSPS) is 14.4. The van der Waals surface area contributed by atoms with E-state index < -0.39 is 11.4 Å². The number of ether oxygens (including phenoxy) is 1. The number of hydrogen-bond acceptors (Lipinski definition) is 5. The summed E-state index contributed by atoms with van der Waals surface area (Å²) in [6.07, 6.45) is 4.69. The van der Waals surface area contributed by atoms with Crippen LogP contribution in [0.1, 0.15) is 34.3 Å². The van der Waals surface area contributed by atoms with E-state index in [1.54, 1.807) is 36.3 Å². The Labute approximate surface area is 183 Å². The lowest BCUT2D eigenvalue weighted by molar-refractivity contribution is 0.0350. The number of rotatable bonds is 4. The summed E-state index contributed by atoms with van der Waals surface area (Å²) in [4.78, 5) is 31.7. The highest BCUT2D eigenvalue weighted by Gasteiger charge is 2.24. The molecule has 1 aliphatic heterocycles. The van der Waals surface area contributed by atoms with Gasteiger partial charge in [-0.25, -0.2) is 14.1 Å². The molecule has 32 heavy (non-hydrogen) atoms. The van der Waals surface area contributed by atoms with Crippen LogP contribution in [-0.2, 0) is 4.74 Å². The lowest BCUT2D eigenvalue weighted by Crippen LogP contribution is -2.40. The van der Waals surface area contributed by atoms with E-state index in [2.05, 4.69) is 10.1 Å². The second kappa shape index (κ2) is 8.77. The molecule has 3 aromatic rings. The number of carbonyl (C=O) groups excluding carboxylic acids is 1. The van der Waals surface area contributed by atoms with Crippen molar-refractivity contribution in [3.05, 3.63) is 69.5 Å². The molecule has 3 heterocycles. The zero-order chi connectivity index (χ0) is 22.8. The Morgan fingerprint density at radius 1 is 1.25 bits per heavy atom. The average molecular weight is 435 g/mol. The quantitative estimate of drug-likeness (QED) is 0.679. The third-order valence-electron chi connectivity index (χ3n) is 5.85. The molecule has 0 bridgehead atoms. The van der Waals surface area contributed by atoms with E-state index in [0.29, 0.717) is 30.0 Å². The molecule has 0 radical (unpaired) electrons. The fourth-order valence-electron chi connectivity index (χ4n) is 3.92. The first-order chi connectivity index (χ1) is 15.4. The van der Waals surface area contributed by atoms with Gasteiger partial charge in [0, 0.05) is 32.6 Å². The summed E-state index contributed by atoms with van der Waals surface area (Å²) in [7, 11) is 1.68. The van der Waals surface area contributed by atoms with Crippen LogP contribution < -0.4 is 5.56 Å². The standard InChI is InChI=1S/C23H22FN5O3/c1-14-18(5-3-15(11-25)21(14)24)19-13-27-29(23(19)31)20-6-4-16(12-26-20)22(30)28-9-7-17(32-2)8-10-28/h3-6,12-13,17,27H,7-10H2,1-2H3. The summed E-state index contributed by atoms with van der Waals surface area (Å²) in [5.74, 6) is -0.447. The molecule has 9 heteroatoms. The van der Waals surface area contributed by atoms with Gasteiger partial charge in [0.05, 0.1) is 22.8 Å². The number of nitrogens with zero attached hydrogens (tertiary/aromatic N) is 4. The lowest BCUT2D eigenvalue weighted by Gasteiger charge is -2.31. The van der Waals surface area contributed by atoms with Gasteiger partial charge in [0.1, 0.15) is 11.9 Å². The number of aromatic nitrogens is 3. The number of nitrogens with one attached hydrogen (secondary N) is 1. The number of carbonyl (C=O) groups is 1. The number of methoxy groups -OCH3 is 1. The number of hydrogen-bond donors (Lipinski definition) is 1. The predicted molar refractivity (Wildman–Crippen MR) is 115 cm³/mol. The molecule has 1 N–H and O–H groups in total.